The first-order valence-corrected chi connectivity index (χ1v) is 6.25. The second kappa shape index (κ2) is 6.21. The molecule has 0 aliphatic heterocycles. The highest BCUT2D eigenvalue weighted by Crippen LogP contribution is 2.28. The Labute approximate surface area is 97.6 Å². The molecule has 4 N–H and O–H groups in total. The van der Waals surface area contributed by atoms with E-state index in [0.717, 1.165) is 25.7 Å². The summed E-state index contributed by atoms with van der Waals surface area (Å²) in [6.07, 6.45) is 6.43. The van der Waals surface area contributed by atoms with Crippen LogP contribution in [-0.4, -0.2) is 29.2 Å². The molecule has 0 radical (unpaired) electrons. The van der Waals surface area contributed by atoms with E-state index in [1.54, 1.807) is 0 Å². The van der Waals surface area contributed by atoms with E-state index < -0.39 is 0 Å². The van der Waals surface area contributed by atoms with E-state index in [4.69, 9.17) is 10.8 Å². The zero-order chi connectivity index (χ0) is 12.0. The van der Waals surface area contributed by atoms with Crippen LogP contribution in [-0.2, 0) is 4.79 Å². The number of carbonyl (C=O) groups excluding carboxylic acids is 1. The lowest BCUT2D eigenvalue weighted by Gasteiger charge is -2.33. The van der Waals surface area contributed by atoms with Crippen LogP contribution in [0.2, 0.25) is 0 Å². The van der Waals surface area contributed by atoms with Crippen molar-refractivity contribution in [3.05, 3.63) is 0 Å². The Morgan fingerprint density at radius 1 is 1.44 bits per heavy atom. The average Bonchev–Trinajstić information content (AvgIpc) is 2.17. The quantitative estimate of drug-likeness (QED) is 0.655. The zero-order valence-electron chi connectivity index (χ0n) is 10.2. The standard InChI is InChI=1S/C12H24N2O2/c1-10(5-8-15)14-11(16)9-12(13)6-3-2-4-7-12/h10,15H,2-9,13H2,1H3,(H,14,16). The van der Waals surface area contributed by atoms with E-state index in [9.17, 15) is 4.79 Å². The summed E-state index contributed by atoms with van der Waals surface area (Å²) in [6, 6.07) is 0.0321. The summed E-state index contributed by atoms with van der Waals surface area (Å²) in [5.74, 6) is 0.0188. The van der Waals surface area contributed by atoms with Gasteiger partial charge in [-0.3, -0.25) is 4.79 Å². The van der Waals surface area contributed by atoms with E-state index in [0.29, 0.717) is 12.8 Å². The van der Waals surface area contributed by atoms with Gasteiger partial charge >= 0.3 is 0 Å². The molecule has 1 unspecified atom stereocenters. The summed E-state index contributed by atoms with van der Waals surface area (Å²) in [7, 11) is 0. The maximum absolute atomic E-state index is 11.7. The molecule has 94 valence electrons. The Bertz CT molecular complexity index is 225. The van der Waals surface area contributed by atoms with Gasteiger partial charge in [-0.05, 0) is 26.2 Å². The van der Waals surface area contributed by atoms with E-state index >= 15 is 0 Å². The van der Waals surface area contributed by atoms with Gasteiger partial charge < -0.3 is 16.2 Å². The van der Waals surface area contributed by atoms with Crippen molar-refractivity contribution in [1.29, 1.82) is 0 Å². The number of rotatable bonds is 5. The first kappa shape index (κ1) is 13.5. The van der Waals surface area contributed by atoms with Crippen LogP contribution in [0.4, 0.5) is 0 Å². The second-order valence-corrected chi connectivity index (χ2v) is 5.08. The summed E-state index contributed by atoms with van der Waals surface area (Å²) in [5, 5.41) is 11.6. The van der Waals surface area contributed by atoms with Crippen LogP contribution in [0, 0.1) is 0 Å². The number of nitrogens with two attached hydrogens (primary N) is 1. The third kappa shape index (κ3) is 4.49. The molecular weight excluding hydrogens is 204 g/mol. The maximum atomic E-state index is 11.7. The molecule has 1 aliphatic rings. The predicted octanol–water partition coefficient (Wildman–Crippen LogP) is 0.925. The van der Waals surface area contributed by atoms with Crippen molar-refractivity contribution in [3.8, 4) is 0 Å². The van der Waals surface area contributed by atoms with E-state index in [1.165, 1.54) is 6.42 Å². The second-order valence-electron chi connectivity index (χ2n) is 5.08. The summed E-state index contributed by atoms with van der Waals surface area (Å²) < 4.78 is 0. The van der Waals surface area contributed by atoms with Crippen LogP contribution < -0.4 is 11.1 Å². The molecule has 0 bridgehead atoms. The van der Waals surface area contributed by atoms with Gasteiger partial charge in [-0.25, -0.2) is 0 Å². The highest BCUT2D eigenvalue weighted by molar-refractivity contribution is 5.77. The highest BCUT2D eigenvalue weighted by atomic mass is 16.3. The molecule has 1 atom stereocenters. The van der Waals surface area contributed by atoms with Gasteiger partial charge in [0.15, 0.2) is 0 Å². The molecule has 0 saturated heterocycles. The molecular formula is C12H24N2O2. The van der Waals surface area contributed by atoms with Crippen molar-refractivity contribution >= 4 is 5.91 Å². The predicted molar refractivity (Wildman–Crippen MR) is 63.9 cm³/mol. The minimum Gasteiger partial charge on any atom is -0.396 e. The van der Waals surface area contributed by atoms with Crippen LogP contribution >= 0.6 is 0 Å². The Morgan fingerprint density at radius 3 is 2.62 bits per heavy atom. The third-order valence-electron chi connectivity index (χ3n) is 3.33. The van der Waals surface area contributed by atoms with E-state index in [-0.39, 0.29) is 24.1 Å². The lowest BCUT2D eigenvalue weighted by Crippen LogP contribution is -2.47. The number of nitrogens with one attached hydrogen (secondary N) is 1. The summed E-state index contributed by atoms with van der Waals surface area (Å²) in [4.78, 5) is 11.7. The molecule has 0 heterocycles. The molecule has 1 saturated carbocycles. The molecule has 0 aromatic heterocycles. The Kier molecular flexibility index (Phi) is 5.22. The van der Waals surface area contributed by atoms with Crippen LogP contribution in [0.5, 0.6) is 0 Å². The van der Waals surface area contributed by atoms with Gasteiger partial charge in [-0.1, -0.05) is 19.3 Å². The smallest absolute Gasteiger partial charge is 0.222 e. The largest absolute Gasteiger partial charge is 0.396 e. The molecule has 1 rings (SSSR count). The number of hydrogen-bond donors (Lipinski definition) is 3. The minimum absolute atomic E-state index is 0.0188. The van der Waals surface area contributed by atoms with Crippen LogP contribution in [0.25, 0.3) is 0 Å². The number of amides is 1. The van der Waals surface area contributed by atoms with Crippen molar-refractivity contribution in [3.63, 3.8) is 0 Å². The van der Waals surface area contributed by atoms with Crippen LogP contribution in [0.1, 0.15) is 51.9 Å². The molecule has 1 fully saturated rings. The zero-order valence-corrected chi connectivity index (χ0v) is 10.2. The molecule has 1 aliphatic carbocycles. The maximum Gasteiger partial charge on any atom is 0.222 e. The van der Waals surface area contributed by atoms with Gasteiger partial charge in [0.05, 0.1) is 0 Å². The molecule has 0 aromatic rings. The fraction of sp³-hybridized carbons (Fsp3) is 0.917. The van der Waals surface area contributed by atoms with E-state index in [2.05, 4.69) is 5.32 Å². The van der Waals surface area contributed by atoms with E-state index in [1.807, 2.05) is 6.92 Å². The van der Waals surface area contributed by atoms with Gasteiger partial charge in [0.1, 0.15) is 0 Å². The number of aliphatic hydroxyl groups excluding tert-OH is 1. The fourth-order valence-electron chi connectivity index (χ4n) is 2.34. The molecule has 16 heavy (non-hydrogen) atoms. The van der Waals surface area contributed by atoms with Gasteiger partial charge in [0.25, 0.3) is 0 Å². The Hall–Kier alpha value is -0.610. The molecule has 4 heteroatoms. The topological polar surface area (TPSA) is 75.3 Å². The van der Waals surface area contributed by atoms with Crippen molar-refractivity contribution in [2.75, 3.05) is 6.61 Å². The third-order valence-corrected chi connectivity index (χ3v) is 3.33. The van der Waals surface area contributed by atoms with Gasteiger partial charge in [-0.15, -0.1) is 0 Å². The number of hydrogen-bond acceptors (Lipinski definition) is 3. The number of aliphatic hydroxyl groups is 1. The highest BCUT2D eigenvalue weighted by Gasteiger charge is 2.30. The SMILES string of the molecule is CC(CCO)NC(=O)CC1(N)CCCCC1. The lowest BCUT2D eigenvalue weighted by atomic mass is 9.80. The van der Waals surface area contributed by atoms with Gasteiger partial charge in [0.2, 0.25) is 5.91 Å². The molecule has 0 aromatic carbocycles. The van der Waals surface area contributed by atoms with Crippen LogP contribution in [0.3, 0.4) is 0 Å². The molecule has 4 nitrogen and oxygen atoms in total. The Balaban J connectivity index is 2.32. The van der Waals surface area contributed by atoms with Crippen molar-refractivity contribution in [2.24, 2.45) is 5.73 Å². The first-order valence-electron chi connectivity index (χ1n) is 6.25. The minimum atomic E-state index is -0.290. The number of carbonyl (C=O) groups is 1. The normalized spacial score (nSPS) is 21.4. The summed E-state index contributed by atoms with van der Waals surface area (Å²) in [6.45, 7) is 2.01. The lowest BCUT2D eigenvalue weighted by molar-refractivity contribution is -0.123. The average molecular weight is 228 g/mol. The molecule has 0 spiro atoms. The van der Waals surface area contributed by atoms with Crippen molar-refractivity contribution < 1.29 is 9.90 Å². The van der Waals surface area contributed by atoms with Gasteiger partial charge in [-0.2, -0.15) is 0 Å². The first-order chi connectivity index (χ1) is 7.56. The van der Waals surface area contributed by atoms with Crippen molar-refractivity contribution in [1.82, 2.24) is 5.32 Å². The van der Waals surface area contributed by atoms with Gasteiger partial charge in [0, 0.05) is 24.6 Å². The van der Waals surface area contributed by atoms with Crippen molar-refractivity contribution in [2.45, 2.75) is 63.5 Å². The fourth-order valence-corrected chi connectivity index (χ4v) is 2.34. The Morgan fingerprint density at radius 2 is 2.06 bits per heavy atom. The molecule has 1 amide bonds. The van der Waals surface area contributed by atoms with Crippen LogP contribution in [0.15, 0.2) is 0 Å². The summed E-state index contributed by atoms with van der Waals surface area (Å²) in [5.41, 5.74) is 5.91. The summed E-state index contributed by atoms with van der Waals surface area (Å²) >= 11 is 0. The monoisotopic (exact) mass is 228 g/mol.